The van der Waals surface area contributed by atoms with Crippen molar-refractivity contribution in [1.29, 1.82) is 0 Å². The number of carbonyl (C=O) groups excluding carboxylic acids is 1. The maximum Gasteiger partial charge on any atom is 0.194 e. The average Bonchev–Trinajstić information content (AvgIpc) is 2.96. The summed E-state index contributed by atoms with van der Waals surface area (Å²) in [5.74, 6) is 0.145. The quantitative estimate of drug-likeness (QED) is 0.768. The second-order valence-electron chi connectivity index (χ2n) is 4.32. The Kier molecular flexibility index (Phi) is 3.72. The lowest BCUT2D eigenvalue weighted by molar-refractivity contribution is 0.0977. The summed E-state index contributed by atoms with van der Waals surface area (Å²) in [6.45, 7) is 3.18. The van der Waals surface area contributed by atoms with Crippen LogP contribution in [0.25, 0.3) is 0 Å². The smallest absolute Gasteiger partial charge is 0.194 e. The van der Waals surface area contributed by atoms with Crippen LogP contribution in [-0.4, -0.2) is 28.2 Å². The first-order valence-electron chi connectivity index (χ1n) is 6.09. The standard InChI is InChI=1S/C12H19N3O/c1-2-15-11(7-8-14-15)12(16)9-13-10-5-3-4-6-10/h7-8,10,13H,2-6,9H2,1H3. The van der Waals surface area contributed by atoms with E-state index in [4.69, 9.17) is 0 Å². The summed E-state index contributed by atoms with van der Waals surface area (Å²) in [5.41, 5.74) is 0.716. The van der Waals surface area contributed by atoms with Gasteiger partial charge in [0.05, 0.1) is 6.54 Å². The van der Waals surface area contributed by atoms with Crippen molar-refractivity contribution in [2.24, 2.45) is 0 Å². The van der Waals surface area contributed by atoms with Gasteiger partial charge in [-0.2, -0.15) is 5.10 Å². The molecule has 0 amide bonds. The molecular weight excluding hydrogens is 202 g/mol. The third-order valence-electron chi connectivity index (χ3n) is 3.21. The van der Waals surface area contributed by atoms with Crippen molar-refractivity contribution in [2.45, 2.75) is 45.2 Å². The summed E-state index contributed by atoms with van der Waals surface area (Å²) < 4.78 is 1.75. The molecule has 4 nitrogen and oxygen atoms in total. The van der Waals surface area contributed by atoms with E-state index in [1.165, 1.54) is 25.7 Å². The third kappa shape index (κ3) is 2.50. The van der Waals surface area contributed by atoms with Crippen LogP contribution in [0.1, 0.15) is 43.1 Å². The largest absolute Gasteiger partial charge is 0.307 e. The maximum atomic E-state index is 11.9. The number of aryl methyl sites for hydroxylation is 1. The van der Waals surface area contributed by atoms with Crippen molar-refractivity contribution in [1.82, 2.24) is 15.1 Å². The number of ketones is 1. The monoisotopic (exact) mass is 221 g/mol. The van der Waals surface area contributed by atoms with Crippen molar-refractivity contribution in [3.8, 4) is 0 Å². The minimum absolute atomic E-state index is 0.145. The van der Waals surface area contributed by atoms with Gasteiger partial charge in [0, 0.05) is 18.8 Å². The molecule has 1 heterocycles. The van der Waals surface area contributed by atoms with Gasteiger partial charge in [-0.1, -0.05) is 12.8 Å². The average molecular weight is 221 g/mol. The van der Waals surface area contributed by atoms with Gasteiger partial charge in [0.2, 0.25) is 0 Å². The minimum atomic E-state index is 0.145. The zero-order chi connectivity index (χ0) is 11.4. The van der Waals surface area contributed by atoms with Crippen molar-refractivity contribution in [2.75, 3.05) is 6.54 Å². The zero-order valence-corrected chi connectivity index (χ0v) is 9.78. The van der Waals surface area contributed by atoms with Gasteiger partial charge in [-0.3, -0.25) is 9.48 Å². The first kappa shape index (κ1) is 11.3. The fourth-order valence-corrected chi connectivity index (χ4v) is 2.28. The Morgan fingerprint density at radius 1 is 1.56 bits per heavy atom. The predicted molar refractivity (Wildman–Crippen MR) is 62.5 cm³/mol. The van der Waals surface area contributed by atoms with Crippen LogP contribution in [0.3, 0.4) is 0 Å². The molecule has 1 saturated carbocycles. The summed E-state index contributed by atoms with van der Waals surface area (Å²) in [6, 6.07) is 2.34. The SMILES string of the molecule is CCn1nccc1C(=O)CNC1CCCC1. The Hall–Kier alpha value is -1.16. The summed E-state index contributed by atoms with van der Waals surface area (Å²) >= 11 is 0. The van der Waals surface area contributed by atoms with Gasteiger partial charge in [0.15, 0.2) is 5.78 Å². The number of rotatable bonds is 5. The predicted octanol–water partition coefficient (Wildman–Crippen LogP) is 1.62. The number of aromatic nitrogens is 2. The number of carbonyl (C=O) groups is 1. The molecule has 0 aliphatic heterocycles. The molecule has 1 aromatic heterocycles. The Morgan fingerprint density at radius 2 is 2.31 bits per heavy atom. The van der Waals surface area contributed by atoms with Crippen LogP contribution in [0, 0.1) is 0 Å². The van der Waals surface area contributed by atoms with Crippen molar-refractivity contribution < 1.29 is 4.79 Å². The van der Waals surface area contributed by atoms with Gasteiger partial charge in [-0.05, 0) is 25.8 Å². The van der Waals surface area contributed by atoms with Crippen LogP contribution in [0.4, 0.5) is 0 Å². The van der Waals surface area contributed by atoms with Crippen LogP contribution in [0.2, 0.25) is 0 Å². The van der Waals surface area contributed by atoms with Gasteiger partial charge < -0.3 is 5.32 Å². The lowest BCUT2D eigenvalue weighted by atomic mass is 10.2. The van der Waals surface area contributed by atoms with E-state index in [-0.39, 0.29) is 5.78 Å². The molecule has 0 radical (unpaired) electrons. The normalized spacial score (nSPS) is 16.8. The number of Topliss-reactive ketones (excluding diaryl/α,β-unsaturated/α-hetero) is 1. The van der Waals surface area contributed by atoms with Crippen LogP contribution >= 0.6 is 0 Å². The third-order valence-corrected chi connectivity index (χ3v) is 3.21. The van der Waals surface area contributed by atoms with E-state index in [9.17, 15) is 4.79 Å². The molecule has 1 N–H and O–H groups in total. The lowest BCUT2D eigenvalue weighted by Gasteiger charge is -2.11. The van der Waals surface area contributed by atoms with E-state index >= 15 is 0 Å². The van der Waals surface area contributed by atoms with Gasteiger partial charge in [0.25, 0.3) is 0 Å². The molecule has 1 aromatic rings. The molecule has 88 valence electrons. The van der Waals surface area contributed by atoms with Gasteiger partial charge in [-0.15, -0.1) is 0 Å². The van der Waals surface area contributed by atoms with Crippen LogP contribution < -0.4 is 5.32 Å². The molecule has 0 aromatic carbocycles. The highest BCUT2D eigenvalue weighted by atomic mass is 16.1. The van der Waals surface area contributed by atoms with E-state index in [2.05, 4.69) is 10.4 Å². The molecule has 0 unspecified atom stereocenters. The highest BCUT2D eigenvalue weighted by Crippen LogP contribution is 2.17. The Labute approximate surface area is 96.0 Å². The molecule has 1 aliphatic rings. The maximum absolute atomic E-state index is 11.9. The topological polar surface area (TPSA) is 46.9 Å². The summed E-state index contributed by atoms with van der Waals surface area (Å²) in [7, 11) is 0. The number of hydrogen-bond acceptors (Lipinski definition) is 3. The molecule has 0 spiro atoms. The fraction of sp³-hybridized carbons (Fsp3) is 0.667. The van der Waals surface area contributed by atoms with E-state index in [1.54, 1.807) is 16.9 Å². The van der Waals surface area contributed by atoms with Gasteiger partial charge in [-0.25, -0.2) is 0 Å². The summed E-state index contributed by atoms with van der Waals surface area (Å²) in [6.07, 6.45) is 6.68. The van der Waals surface area contributed by atoms with Gasteiger partial charge >= 0.3 is 0 Å². The van der Waals surface area contributed by atoms with Crippen LogP contribution in [0.5, 0.6) is 0 Å². The minimum Gasteiger partial charge on any atom is -0.307 e. The Bertz CT molecular complexity index is 353. The zero-order valence-electron chi connectivity index (χ0n) is 9.78. The molecule has 0 bridgehead atoms. The molecule has 2 rings (SSSR count). The van der Waals surface area contributed by atoms with E-state index in [0.29, 0.717) is 18.3 Å². The molecule has 4 heteroatoms. The van der Waals surface area contributed by atoms with Crippen molar-refractivity contribution >= 4 is 5.78 Å². The van der Waals surface area contributed by atoms with E-state index in [0.717, 1.165) is 6.54 Å². The Morgan fingerprint density at radius 3 is 3.00 bits per heavy atom. The fourth-order valence-electron chi connectivity index (χ4n) is 2.28. The number of nitrogens with one attached hydrogen (secondary N) is 1. The molecule has 1 fully saturated rings. The van der Waals surface area contributed by atoms with E-state index < -0.39 is 0 Å². The first-order valence-corrected chi connectivity index (χ1v) is 6.09. The lowest BCUT2D eigenvalue weighted by Crippen LogP contribution is -2.32. The van der Waals surface area contributed by atoms with Crippen molar-refractivity contribution in [3.63, 3.8) is 0 Å². The highest BCUT2D eigenvalue weighted by Gasteiger charge is 2.17. The first-order chi connectivity index (χ1) is 7.81. The number of nitrogens with zero attached hydrogens (tertiary/aromatic N) is 2. The summed E-state index contributed by atoms with van der Waals surface area (Å²) in [5, 5.41) is 7.43. The molecule has 16 heavy (non-hydrogen) atoms. The number of hydrogen-bond donors (Lipinski definition) is 1. The molecule has 1 aliphatic carbocycles. The molecular formula is C12H19N3O. The summed E-state index contributed by atoms with van der Waals surface area (Å²) in [4.78, 5) is 11.9. The Balaban J connectivity index is 1.87. The highest BCUT2D eigenvalue weighted by molar-refractivity contribution is 5.96. The van der Waals surface area contributed by atoms with Crippen LogP contribution in [-0.2, 0) is 6.54 Å². The van der Waals surface area contributed by atoms with Crippen molar-refractivity contribution in [3.05, 3.63) is 18.0 Å². The van der Waals surface area contributed by atoms with Gasteiger partial charge in [0.1, 0.15) is 5.69 Å². The molecule has 0 saturated heterocycles. The second kappa shape index (κ2) is 5.25. The van der Waals surface area contributed by atoms with Crippen LogP contribution in [0.15, 0.2) is 12.3 Å². The second-order valence-corrected chi connectivity index (χ2v) is 4.32. The molecule has 0 atom stereocenters. The van der Waals surface area contributed by atoms with E-state index in [1.807, 2.05) is 6.92 Å².